The third-order valence-corrected chi connectivity index (χ3v) is 5.90. The van der Waals surface area contributed by atoms with Crippen LogP contribution in [0.1, 0.15) is 57.4 Å². The number of hydrogen-bond acceptors (Lipinski definition) is 4. The van der Waals surface area contributed by atoms with E-state index in [1.165, 1.54) is 12.7 Å². The van der Waals surface area contributed by atoms with Crippen LogP contribution in [-0.4, -0.2) is 47.7 Å². The lowest BCUT2D eigenvalue weighted by atomic mass is 9.95. The number of allylic oxidation sites excluding steroid dienone is 1. The van der Waals surface area contributed by atoms with Crippen LogP contribution >= 0.6 is 0 Å². The first-order valence-corrected chi connectivity index (χ1v) is 11.4. The molecule has 1 heterocycles. The lowest BCUT2D eigenvalue weighted by Gasteiger charge is -2.22. The molecule has 1 aromatic rings. The highest BCUT2D eigenvalue weighted by atomic mass is 16.5. The monoisotopic (exact) mass is 427 g/mol. The van der Waals surface area contributed by atoms with Crippen LogP contribution in [-0.2, 0) is 20.7 Å². The van der Waals surface area contributed by atoms with Gasteiger partial charge in [0, 0.05) is 19.4 Å². The Balaban J connectivity index is 1.73. The van der Waals surface area contributed by atoms with E-state index in [1.54, 1.807) is 0 Å². The maximum atomic E-state index is 12.2. The smallest absolute Gasteiger partial charge is 0.305 e. The second kappa shape index (κ2) is 13.8. The molecule has 0 aromatic heterocycles. The average molecular weight is 428 g/mol. The molecule has 0 radical (unpaired) electrons. The molecule has 5 nitrogen and oxygen atoms in total. The number of aryl methyl sites for hydroxylation is 1. The van der Waals surface area contributed by atoms with Crippen LogP contribution in [0.5, 0.6) is 0 Å². The average Bonchev–Trinajstić information content (AvgIpc) is 3.14. The topological polar surface area (TPSA) is 66.8 Å². The molecule has 1 N–H and O–H groups in total. The van der Waals surface area contributed by atoms with Crippen molar-refractivity contribution in [3.63, 3.8) is 0 Å². The molecule has 1 fully saturated rings. The summed E-state index contributed by atoms with van der Waals surface area (Å²) in [6.45, 7) is 2.64. The van der Waals surface area contributed by atoms with E-state index in [2.05, 4.69) is 35.9 Å². The lowest BCUT2D eigenvalue weighted by molar-refractivity contribution is -0.140. The van der Waals surface area contributed by atoms with Gasteiger partial charge in [-0.15, -0.1) is 0 Å². The number of carbonyl (C=O) groups excluding carboxylic acids is 2. The van der Waals surface area contributed by atoms with Gasteiger partial charge in [-0.3, -0.25) is 9.59 Å². The molecule has 0 unspecified atom stereocenters. The van der Waals surface area contributed by atoms with E-state index >= 15 is 0 Å². The zero-order valence-electron chi connectivity index (χ0n) is 18.9. The van der Waals surface area contributed by atoms with Crippen molar-refractivity contribution in [2.24, 2.45) is 5.92 Å². The minimum absolute atomic E-state index is 0.0402. The third kappa shape index (κ3) is 9.09. The Kier molecular flexibility index (Phi) is 11.1. The first kappa shape index (κ1) is 24.9. The Morgan fingerprint density at radius 1 is 1.26 bits per heavy atom. The standard InChI is InChI=1S/C26H37NO4/c1-21(11-10-14-22-12-6-5-7-13-22)24(28)18-16-23-17-19-25(29)27(23)20-9-4-3-8-15-26(30)31-2/h4-7,9,12-13,16,18,21,23-24,28H,3,8,10-11,14-15,17,19-20H2,1-2H3/b9-4+,18-16+/t21-,23-,24+/m0/s1. The minimum Gasteiger partial charge on any atom is -0.469 e. The van der Waals surface area contributed by atoms with Gasteiger partial charge in [0.05, 0.1) is 19.3 Å². The molecule has 0 bridgehead atoms. The highest BCUT2D eigenvalue weighted by Crippen LogP contribution is 2.21. The van der Waals surface area contributed by atoms with Gasteiger partial charge in [-0.1, -0.05) is 61.6 Å². The first-order chi connectivity index (χ1) is 15.0. The molecular weight excluding hydrogens is 390 g/mol. The van der Waals surface area contributed by atoms with Crippen LogP contribution in [0.4, 0.5) is 0 Å². The third-order valence-electron chi connectivity index (χ3n) is 5.90. The van der Waals surface area contributed by atoms with Gasteiger partial charge in [-0.05, 0) is 50.0 Å². The first-order valence-electron chi connectivity index (χ1n) is 11.4. The SMILES string of the molecule is COC(=O)CCC/C=C/CN1C(=O)CC[C@@H]1/C=C/[C@@H](O)[C@@H](C)CCCc1ccccc1. The van der Waals surface area contributed by atoms with Gasteiger partial charge < -0.3 is 14.7 Å². The van der Waals surface area contributed by atoms with Gasteiger partial charge in [0.1, 0.15) is 0 Å². The summed E-state index contributed by atoms with van der Waals surface area (Å²) in [4.78, 5) is 25.2. The van der Waals surface area contributed by atoms with Gasteiger partial charge in [0.25, 0.3) is 0 Å². The van der Waals surface area contributed by atoms with Crippen molar-refractivity contribution < 1.29 is 19.4 Å². The molecule has 0 saturated carbocycles. The quantitative estimate of drug-likeness (QED) is 0.287. The molecule has 31 heavy (non-hydrogen) atoms. The summed E-state index contributed by atoms with van der Waals surface area (Å²) in [5.41, 5.74) is 1.33. The zero-order chi connectivity index (χ0) is 22.5. The normalized spacial score (nSPS) is 18.7. The number of aliphatic hydroxyl groups excluding tert-OH is 1. The molecule has 0 aliphatic carbocycles. The highest BCUT2D eigenvalue weighted by molar-refractivity contribution is 5.79. The summed E-state index contributed by atoms with van der Waals surface area (Å²) in [5, 5.41) is 10.5. The fourth-order valence-corrected chi connectivity index (χ4v) is 3.84. The van der Waals surface area contributed by atoms with Crippen molar-refractivity contribution in [2.45, 2.75) is 70.4 Å². The number of likely N-dealkylation sites (tertiary alicyclic amines) is 1. The van der Waals surface area contributed by atoms with Gasteiger partial charge in [0.15, 0.2) is 0 Å². The van der Waals surface area contributed by atoms with Crippen molar-refractivity contribution >= 4 is 11.9 Å². The lowest BCUT2D eigenvalue weighted by Crippen LogP contribution is -2.32. The second-order valence-electron chi connectivity index (χ2n) is 8.32. The Bertz CT molecular complexity index is 728. The van der Waals surface area contributed by atoms with E-state index in [1.807, 2.05) is 35.3 Å². The van der Waals surface area contributed by atoms with Crippen LogP contribution in [0.25, 0.3) is 0 Å². The molecule has 170 valence electrons. The van der Waals surface area contributed by atoms with E-state index in [0.29, 0.717) is 19.4 Å². The van der Waals surface area contributed by atoms with Crippen LogP contribution in [0.3, 0.4) is 0 Å². The van der Waals surface area contributed by atoms with Gasteiger partial charge >= 0.3 is 5.97 Å². The van der Waals surface area contributed by atoms with E-state index < -0.39 is 6.10 Å². The largest absolute Gasteiger partial charge is 0.469 e. The number of benzene rings is 1. The number of rotatable bonds is 13. The summed E-state index contributed by atoms with van der Waals surface area (Å²) in [5.74, 6) is 0.139. The Morgan fingerprint density at radius 2 is 2.03 bits per heavy atom. The Labute approximate surface area is 186 Å². The molecule has 3 atom stereocenters. The summed E-state index contributed by atoms with van der Waals surface area (Å²) >= 11 is 0. The molecule has 1 aliphatic rings. The predicted octanol–water partition coefficient (Wildman–Crippen LogP) is 4.45. The van der Waals surface area contributed by atoms with E-state index in [4.69, 9.17) is 0 Å². The van der Waals surface area contributed by atoms with Crippen LogP contribution in [0.2, 0.25) is 0 Å². The predicted molar refractivity (Wildman–Crippen MR) is 123 cm³/mol. The fourth-order valence-electron chi connectivity index (χ4n) is 3.84. The molecule has 1 aromatic carbocycles. The van der Waals surface area contributed by atoms with E-state index in [9.17, 15) is 14.7 Å². The maximum absolute atomic E-state index is 12.2. The number of aliphatic hydroxyl groups is 1. The van der Waals surface area contributed by atoms with Crippen molar-refractivity contribution in [3.05, 3.63) is 60.2 Å². The summed E-state index contributed by atoms with van der Waals surface area (Å²) < 4.78 is 4.63. The molecule has 2 rings (SSSR count). The minimum atomic E-state index is -0.498. The van der Waals surface area contributed by atoms with Crippen molar-refractivity contribution in [2.75, 3.05) is 13.7 Å². The van der Waals surface area contributed by atoms with Crippen molar-refractivity contribution in [1.29, 1.82) is 0 Å². The zero-order valence-corrected chi connectivity index (χ0v) is 18.9. The number of amides is 1. The number of ether oxygens (including phenoxy) is 1. The van der Waals surface area contributed by atoms with Gasteiger partial charge in [-0.25, -0.2) is 0 Å². The number of methoxy groups -OCH3 is 1. The number of hydrogen-bond donors (Lipinski definition) is 1. The van der Waals surface area contributed by atoms with Crippen LogP contribution in [0.15, 0.2) is 54.6 Å². The second-order valence-corrected chi connectivity index (χ2v) is 8.32. The van der Waals surface area contributed by atoms with E-state index in [0.717, 1.165) is 38.5 Å². The van der Waals surface area contributed by atoms with Crippen LogP contribution in [0, 0.1) is 5.92 Å². The molecule has 0 spiro atoms. The van der Waals surface area contributed by atoms with Gasteiger partial charge in [0.2, 0.25) is 5.91 Å². The highest BCUT2D eigenvalue weighted by Gasteiger charge is 2.28. The maximum Gasteiger partial charge on any atom is 0.305 e. The Morgan fingerprint density at radius 3 is 2.77 bits per heavy atom. The fraction of sp³-hybridized carbons (Fsp3) is 0.538. The molecule has 1 saturated heterocycles. The summed E-state index contributed by atoms with van der Waals surface area (Å²) in [6.07, 6.45) is 13.7. The summed E-state index contributed by atoms with van der Waals surface area (Å²) in [6, 6.07) is 10.5. The van der Waals surface area contributed by atoms with Crippen molar-refractivity contribution in [3.8, 4) is 0 Å². The summed E-state index contributed by atoms with van der Waals surface area (Å²) in [7, 11) is 1.40. The number of unbranched alkanes of at least 4 members (excludes halogenated alkanes) is 1. The number of carbonyl (C=O) groups is 2. The van der Waals surface area contributed by atoms with Crippen LogP contribution < -0.4 is 0 Å². The molecular formula is C26H37NO4. The van der Waals surface area contributed by atoms with E-state index in [-0.39, 0.29) is 23.8 Å². The molecule has 1 aliphatic heterocycles. The molecule has 5 heteroatoms. The number of esters is 1. The number of nitrogens with zero attached hydrogens (tertiary/aromatic N) is 1. The van der Waals surface area contributed by atoms with Gasteiger partial charge in [-0.2, -0.15) is 0 Å². The molecule has 1 amide bonds. The Hall–Kier alpha value is -2.40. The van der Waals surface area contributed by atoms with Crippen molar-refractivity contribution in [1.82, 2.24) is 4.90 Å².